The van der Waals surface area contributed by atoms with Crippen LogP contribution >= 0.6 is 11.6 Å². The van der Waals surface area contributed by atoms with Gasteiger partial charge >= 0.3 is 0 Å². The Labute approximate surface area is 281 Å². The molecule has 1 saturated heterocycles. The molecule has 1 saturated carbocycles. The SMILES string of the molecule is C[C@@H]1[C@@H](C)CCC[C@@H](C(=O)N2CC(F)(F)C2)[C@@H]2CC[C@H]2CN2CCCCc3cc(Cl)ccc3COc3ccc(cc32)C(=O)NS1(=O)=O. The number of sulfonamides is 1. The largest absolute Gasteiger partial charge is 0.487 e. The summed E-state index contributed by atoms with van der Waals surface area (Å²) in [4.78, 5) is 30.6. The van der Waals surface area contributed by atoms with Crippen LogP contribution < -0.4 is 14.4 Å². The molecule has 3 aliphatic heterocycles. The normalized spacial score (nSPS) is 29.4. The number of hydrogen-bond acceptors (Lipinski definition) is 6. The molecule has 8 nitrogen and oxygen atoms in total. The number of nitrogens with zero attached hydrogens (tertiary/aromatic N) is 2. The van der Waals surface area contributed by atoms with Crippen LogP contribution in [0.15, 0.2) is 36.4 Å². The number of carbonyl (C=O) groups excluding carboxylic acids is 2. The topological polar surface area (TPSA) is 96.0 Å². The third-order valence-corrected chi connectivity index (χ3v) is 13.0. The number of hydrogen-bond donors (Lipinski definition) is 1. The number of likely N-dealkylation sites (tertiary alicyclic amines) is 1. The van der Waals surface area contributed by atoms with Crippen molar-refractivity contribution in [2.75, 3.05) is 31.1 Å². The predicted molar refractivity (Wildman–Crippen MR) is 177 cm³/mol. The summed E-state index contributed by atoms with van der Waals surface area (Å²) < 4.78 is 63.0. The Morgan fingerprint density at radius 3 is 2.51 bits per heavy atom. The van der Waals surface area contributed by atoms with Crippen molar-refractivity contribution < 1.29 is 31.5 Å². The Morgan fingerprint density at radius 2 is 1.79 bits per heavy atom. The highest BCUT2D eigenvalue weighted by molar-refractivity contribution is 7.90. The molecule has 4 aliphatic rings. The molecule has 2 bridgehead atoms. The molecule has 6 rings (SSSR count). The molecule has 1 N–H and O–H groups in total. The van der Waals surface area contributed by atoms with Gasteiger partial charge in [-0.15, -0.1) is 0 Å². The number of benzene rings is 2. The minimum atomic E-state index is -4.01. The lowest BCUT2D eigenvalue weighted by atomic mass is 9.65. The molecule has 3 heterocycles. The van der Waals surface area contributed by atoms with Gasteiger partial charge in [0.05, 0.1) is 24.0 Å². The second-order valence-electron chi connectivity index (χ2n) is 14.0. The number of nitrogens with one attached hydrogen (secondary N) is 1. The lowest BCUT2D eigenvalue weighted by Crippen LogP contribution is -2.61. The fraction of sp³-hybridized carbons (Fsp3) is 0.600. The van der Waals surface area contributed by atoms with Crippen molar-refractivity contribution in [1.82, 2.24) is 9.62 Å². The zero-order valence-corrected chi connectivity index (χ0v) is 28.6. The number of amides is 2. The smallest absolute Gasteiger partial charge is 0.282 e. The maximum atomic E-state index is 13.8. The van der Waals surface area contributed by atoms with Crippen LogP contribution in [0.25, 0.3) is 0 Å². The highest BCUT2D eigenvalue weighted by atomic mass is 35.5. The molecular weight excluding hydrogens is 648 g/mol. The van der Waals surface area contributed by atoms with E-state index in [-0.39, 0.29) is 29.2 Å². The van der Waals surface area contributed by atoms with Gasteiger partial charge in [0, 0.05) is 29.6 Å². The van der Waals surface area contributed by atoms with Crippen LogP contribution in [0.2, 0.25) is 5.02 Å². The number of aryl methyl sites for hydroxylation is 1. The van der Waals surface area contributed by atoms with Crippen LogP contribution in [0.5, 0.6) is 5.75 Å². The minimum Gasteiger partial charge on any atom is -0.487 e. The van der Waals surface area contributed by atoms with Crippen LogP contribution in [0.1, 0.15) is 80.3 Å². The van der Waals surface area contributed by atoms with Crippen molar-refractivity contribution >= 4 is 39.1 Å². The van der Waals surface area contributed by atoms with E-state index < -0.39 is 46.1 Å². The van der Waals surface area contributed by atoms with Crippen molar-refractivity contribution in [2.45, 2.75) is 83.0 Å². The first-order valence-corrected chi connectivity index (χ1v) is 18.8. The number of alkyl halides is 2. The fourth-order valence-electron chi connectivity index (χ4n) is 7.62. The molecule has 256 valence electrons. The zero-order chi connectivity index (χ0) is 33.5. The summed E-state index contributed by atoms with van der Waals surface area (Å²) in [6.45, 7) is 3.90. The van der Waals surface area contributed by atoms with Crippen LogP contribution in [0, 0.1) is 23.7 Å². The van der Waals surface area contributed by atoms with E-state index in [2.05, 4.69) is 9.62 Å². The van der Waals surface area contributed by atoms with Crippen LogP contribution in [-0.4, -0.2) is 62.5 Å². The molecule has 0 aromatic heterocycles. The average molecular weight is 692 g/mol. The molecule has 0 radical (unpaired) electrons. The van der Waals surface area contributed by atoms with Crippen LogP contribution in [0.3, 0.4) is 0 Å². The molecule has 47 heavy (non-hydrogen) atoms. The van der Waals surface area contributed by atoms with Gasteiger partial charge in [-0.3, -0.25) is 9.59 Å². The summed E-state index contributed by atoms with van der Waals surface area (Å²) >= 11 is 6.32. The summed E-state index contributed by atoms with van der Waals surface area (Å²) in [6.07, 6.45) is 5.94. The van der Waals surface area contributed by atoms with Crippen molar-refractivity contribution in [2.24, 2.45) is 23.7 Å². The first-order valence-electron chi connectivity index (χ1n) is 16.8. The summed E-state index contributed by atoms with van der Waals surface area (Å²) in [6, 6.07) is 10.8. The Hall–Kier alpha value is -2.92. The first-order chi connectivity index (χ1) is 22.3. The first kappa shape index (κ1) is 34.0. The highest BCUT2D eigenvalue weighted by Crippen LogP contribution is 2.46. The van der Waals surface area contributed by atoms with Gasteiger partial charge in [0.1, 0.15) is 12.4 Å². The molecule has 0 unspecified atom stereocenters. The molecule has 0 spiro atoms. The summed E-state index contributed by atoms with van der Waals surface area (Å²) in [5.41, 5.74) is 3.06. The minimum absolute atomic E-state index is 0.0292. The third-order valence-electron chi connectivity index (χ3n) is 10.9. The van der Waals surface area contributed by atoms with E-state index in [1.54, 1.807) is 25.1 Å². The van der Waals surface area contributed by atoms with Gasteiger partial charge in [-0.1, -0.05) is 31.0 Å². The van der Waals surface area contributed by atoms with Gasteiger partial charge in [0.15, 0.2) is 0 Å². The Bertz CT molecular complexity index is 1610. The molecule has 1 aliphatic carbocycles. The van der Waals surface area contributed by atoms with E-state index in [1.807, 2.05) is 25.1 Å². The van der Waals surface area contributed by atoms with Gasteiger partial charge in [-0.05, 0) is 111 Å². The van der Waals surface area contributed by atoms with Gasteiger partial charge in [0.2, 0.25) is 15.9 Å². The lowest BCUT2D eigenvalue weighted by Gasteiger charge is -2.47. The molecule has 5 atom stereocenters. The summed E-state index contributed by atoms with van der Waals surface area (Å²) in [5.74, 6) is -3.68. The van der Waals surface area contributed by atoms with E-state index in [0.29, 0.717) is 55.4 Å². The second-order valence-corrected chi connectivity index (χ2v) is 16.5. The number of anilines is 1. The van der Waals surface area contributed by atoms with E-state index in [4.69, 9.17) is 16.3 Å². The predicted octanol–water partition coefficient (Wildman–Crippen LogP) is 6.45. The molecule has 2 fully saturated rings. The Balaban J connectivity index is 1.36. The molecule has 2 amide bonds. The third kappa shape index (κ3) is 7.41. The van der Waals surface area contributed by atoms with Gasteiger partial charge < -0.3 is 14.5 Å². The van der Waals surface area contributed by atoms with Crippen LogP contribution in [0.4, 0.5) is 14.5 Å². The summed E-state index contributed by atoms with van der Waals surface area (Å²) in [5, 5.41) is -0.186. The average Bonchev–Trinajstić information content (AvgIpc) is 3.03. The lowest BCUT2D eigenvalue weighted by molar-refractivity contribution is -0.173. The molecule has 2 aromatic carbocycles. The van der Waals surface area contributed by atoms with Gasteiger partial charge in [0.25, 0.3) is 11.8 Å². The number of halogens is 3. The Morgan fingerprint density at radius 1 is 1.00 bits per heavy atom. The van der Waals surface area contributed by atoms with E-state index in [0.717, 1.165) is 43.2 Å². The monoisotopic (exact) mass is 691 g/mol. The van der Waals surface area contributed by atoms with Crippen molar-refractivity contribution in [3.8, 4) is 5.75 Å². The number of carbonyl (C=O) groups is 2. The van der Waals surface area contributed by atoms with E-state index >= 15 is 0 Å². The van der Waals surface area contributed by atoms with Crippen molar-refractivity contribution in [3.63, 3.8) is 0 Å². The number of fused-ring (bicyclic) bond motifs is 3. The number of ether oxygens (including phenoxy) is 1. The maximum absolute atomic E-state index is 13.8. The van der Waals surface area contributed by atoms with Crippen molar-refractivity contribution in [1.29, 1.82) is 0 Å². The second kappa shape index (κ2) is 13.5. The fourth-order valence-corrected chi connectivity index (χ4v) is 9.12. The maximum Gasteiger partial charge on any atom is 0.282 e. The quantitative estimate of drug-likeness (QED) is 0.370. The molecule has 12 heteroatoms. The standard InChI is InChI=1S/C35H44ClF2N3O5S/c1-22-6-5-8-30(34(43)41-20-35(37,38)21-41)29-13-10-26(29)18-40-15-4-3-7-24-16-28(36)12-9-27(24)19-46-32-14-11-25(17-31(32)40)33(42)39-47(44,45)23(22)2/h9,11-12,14,16-17,22-23,26,29-30H,3-8,10,13,15,18-21H2,1-2H3,(H,39,42)/t22-,23+,26-,29+,30+/m0/s1. The van der Waals surface area contributed by atoms with E-state index in [9.17, 15) is 26.8 Å². The number of rotatable bonds is 1. The van der Waals surface area contributed by atoms with Gasteiger partial charge in [-0.25, -0.2) is 21.9 Å². The molecule has 2 aromatic rings. The van der Waals surface area contributed by atoms with Crippen molar-refractivity contribution in [3.05, 3.63) is 58.1 Å². The van der Waals surface area contributed by atoms with E-state index in [1.165, 1.54) is 4.90 Å². The molecular formula is C35H44ClF2N3O5S. The van der Waals surface area contributed by atoms with Gasteiger partial charge in [-0.2, -0.15) is 0 Å². The summed E-state index contributed by atoms with van der Waals surface area (Å²) in [7, 11) is -4.01. The van der Waals surface area contributed by atoms with Crippen LogP contribution in [-0.2, 0) is 27.8 Å². The zero-order valence-electron chi connectivity index (χ0n) is 27.0. The Kier molecular flexibility index (Phi) is 9.78. The highest BCUT2D eigenvalue weighted by Gasteiger charge is 2.50.